The van der Waals surface area contributed by atoms with Crippen molar-refractivity contribution in [3.63, 3.8) is 0 Å². The molecule has 88 valence electrons. The predicted octanol–water partition coefficient (Wildman–Crippen LogP) is 0.764. The molecule has 2 saturated heterocycles. The second-order valence-corrected chi connectivity index (χ2v) is 5.09. The zero-order valence-corrected chi connectivity index (χ0v) is 10.2. The van der Waals surface area contributed by atoms with Crippen LogP contribution in [0.4, 0.5) is 0 Å². The van der Waals surface area contributed by atoms with Crippen molar-refractivity contribution in [3.8, 4) is 0 Å². The summed E-state index contributed by atoms with van der Waals surface area (Å²) in [4.78, 5) is 5.36. The van der Waals surface area contributed by atoms with E-state index in [0.717, 1.165) is 12.6 Å². The van der Waals surface area contributed by atoms with Gasteiger partial charge in [-0.2, -0.15) is 0 Å². The van der Waals surface area contributed by atoms with E-state index in [2.05, 4.69) is 22.0 Å². The van der Waals surface area contributed by atoms with Crippen molar-refractivity contribution in [2.45, 2.75) is 38.3 Å². The van der Waals surface area contributed by atoms with E-state index in [-0.39, 0.29) is 0 Å². The Balaban J connectivity index is 1.85. The van der Waals surface area contributed by atoms with E-state index in [1.54, 1.807) is 0 Å². The van der Waals surface area contributed by atoms with Gasteiger partial charge in [0.05, 0.1) is 0 Å². The molecule has 0 aliphatic carbocycles. The number of piperazine rings is 1. The first-order chi connectivity index (χ1) is 7.31. The Kier molecular flexibility index (Phi) is 4.00. The van der Waals surface area contributed by atoms with Gasteiger partial charge in [0.1, 0.15) is 0 Å². The van der Waals surface area contributed by atoms with Gasteiger partial charge in [0.25, 0.3) is 0 Å². The molecule has 0 spiro atoms. The van der Waals surface area contributed by atoms with Crippen LogP contribution in [-0.4, -0.2) is 61.7 Å². The number of nitrogens with zero attached hydrogens (tertiary/aromatic N) is 2. The quantitative estimate of drug-likeness (QED) is 0.744. The van der Waals surface area contributed by atoms with Crippen molar-refractivity contribution in [3.05, 3.63) is 0 Å². The standard InChI is InChI=1S/C12H25N3/c1-11(9-13-2)15-8-7-14-6-4-3-5-12(14)10-15/h11-13H,3-10H2,1-2H3. The van der Waals surface area contributed by atoms with Crippen LogP contribution < -0.4 is 5.32 Å². The lowest BCUT2D eigenvalue weighted by atomic mass is 9.99. The summed E-state index contributed by atoms with van der Waals surface area (Å²) in [6.07, 6.45) is 4.28. The van der Waals surface area contributed by atoms with Gasteiger partial charge in [0.2, 0.25) is 0 Å². The number of fused-ring (bicyclic) bond motifs is 1. The summed E-state index contributed by atoms with van der Waals surface area (Å²) in [6.45, 7) is 8.65. The highest BCUT2D eigenvalue weighted by Gasteiger charge is 2.30. The molecule has 0 radical (unpaired) electrons. The minimum absolute atomic E-state index is 0.694. The van der Waals surface area contributed by atoms with Gasteiger partial charge in [-0.1, -0.05) is 6.42 Å². The average molecular weight is 211 g/mol. The first-order valence-electron chi connectivity index (χ1n) is 6.44. The molecule has 2 aliphatic heterocycles. The second kappa shape index (κ2) is 5.28. The summed E-state index contributed by atoms with van der Waals surface area (Å²) in [6, 6.07) is 1.55. The summed E-state index contributed by atoms with van der Waals surface area (Å²) < 4.78 is 0. The lowest BCUT2D eigenvalue weighted by Gasteiger charge is -2.46. The van der Waals surface area contributed by atoms with E-state index < -0.39 is 0 Å². The van der Waals surface area contributed by atoms with E-state index in [1.165, 1.54) is 45.4 Å². The summed E-state index contributed by atoms with van der Waals surface area (Å²) in [7, 11) is 2.05. The molecule has 0 bridgehead atoms. The fourth-order valence-corrected chi connectivity index (χ4v) is 3.00. The SMILES string of the molecule is CNCC(C)N1CCN2CCCCC2C1. The van der Waals surface area contributed by atoms with E-state index >= 15 is 0 Å². The predicted molar refractivity (Wildman–Crippen MR) is 64.2 cm³/mol. The van der Waals surface area contributed by atoms with Crippen molar-refractivity contribution < 1.29 is 0 Å². The van der Waals surface area contributed by atoms with Crippen LogP contribution in [0.2, 0.25) is 0 Å². The minimum atomic E-state index is 0.694. The summed E-state index contributed by atoms with van der Waals surface area (Å²) in [5, 5.41) is 3.28. The zero-order valence-electron chi connectivity index (χ0n) is 10.2. The van der Waals surface area contributed by atoms with Crippen LogP contribution in [-0.2, 0) is 0 Å². The number of rotatable bonds is 3. The third-order valence-corrected chi connectivity index (χ3v) is 3.99. The third kappa shape index (κ3) is 2.71. The van der Waals surface area contributed by atoms with Crippen molar-refractivity contribution in [2.75, 3.05) is 39.8 Å². The maximum atomic E-state index is 3.28. The normalized spacial score (nSPS) is 31.2. The van der Waals surface area contributed by atoms with Gasteiger partial charge in [-0.15, -0.1) is 0 Å². The number of hydrogen-bond acceptors (Lipinski definition) is 3. The molecule has 2 unspecified atom stereocenters. The highest BCUT2D eigenvalue weighted by atomic mass is 15.3. The molecular weight excluding hydrogens is 186 g/mol. The van der Waals surface area contributed by atoms with Gasteiger partial charge >= 0.3 is 0 Å². The van der Waals surface area contributed by atoms with Crippen molar-refractivity contribution in [2.24, 2.45) is 0 Å². The fraction of sp³-hybridized carbons (Fsp3) is 1.00. The van der Waals surface area contributed by atoms with Crippen LogP contribution in [0.5, 0.6) is 0 Å². The van der Waals surface area contributed by atoms with Gasteiger partial charge in [0.15, 0.2) is 0 Å². The van der Waals surface area contributed by atoms with Gasteiger partial charge < -0.3 is 5.32 Å². The highest BCUT2D eigenvalue weighted by Crippen LogP contribution is 2.21. The highest BCUT2D eigenvalue weighted by molar-refractivity contribution is 4.87. The fourth-order valence-electron chi connectivity index (χ4n) is 3.00. The Morgan fingerprint density at radius 3 is 2.93 bits per heavy atom. The number of likely N-dealkylation sites (N-methyl/N-ethyl adjacent to an activating group) is 1. The van der Waals surface area contributed by atoms with E-state index in [9.17, 15) is 0 Å². The summed E-state index contributed by atoms with van der Waals surface area (Å²) in [5.74, 6) is 0. The second-order valence-electron chi connectivity index (χ2n) is 5.09. The smallest absolute Gasteiger partial charge is 0.0223 e. The number of piperidine rings is 1. The van der Waals surface area contributed by atoms with Gasteiger partial charge in [-0.3, -0.25) is 9.80 Å². The maximum Gasteiger partial charge on any atom is 0.0223 e. The lowest BCUT2D eigenvalue weighted by molar-refractivity contribution is 0.0315. The molecule has 2 aliphatic rings. The molecule has 2 heterocycles. The summed E-state index contributed by atoms with van der Waals surface area (Å²) in [5.41, 5.74) is 0. The minimum Gasteiger partial charge on any atom is -0.318 e. The average Bonchev–Trinajstić information content (AvgIpc) is 2.29. The number of hydrogen-bond donors (Lipinski definition) is 1. The Morgan fingerprint density at radius 2 is 2.13 bits per heavy atom. The van der Waals surface area contributed by atoms with E-state index in [4.69, 9.17) is 0 Å². The first kappa shape index (κ1) is 11.4. The molecule has 1 N–H and O–H groups in total. The van der Waals surface area contributed by atoms with E-state index in [0.29, 0.717) is 6.04 Å². The molecule has 15 heavy (non-hydrogen) atoms. The molecule has 0 aromatic rings. The zero-order chi connectivity index (χ0) is 10.7. The van der Waals surface area contributed by atoms with Crippen LogP contribution in [0.25, 0.3) is 0 Å². The van der Waals surface area contributed by atoms with Crippen LogP contribution in [0.15, 0.2) is 0 Å². The van der Waals surface area contributed by atoms with Gasteiger partial charge in [-0.05, 0) is 33.4 Å². The van der Waals surface area contributed by atoms with Crippen molar-refractivity contribution >= 4 is 0 Å². The molecule has 0 amide bonds. The Labute approximate surface area is 93.8 Å². The maximum absolute atomic E-state index is 3.28. The van der Waals surface area contributed by atoms with Gasteiger partial charge in [0, 0.05) is 38.3 Å². The largest absolute Gasteiger partial charge is 0.318 e. The topological polar surface area (TPSA) is 18.5 Å². The molecule has 0 saturated carbocycles. The lowest BCUT2D eigenvalue weighted by Crippen LogP contribution is -2.57. The molecule has 3 nitrogen and oxygen atoms in total. The number of nitrogens with one attached hydrogen (secondary N) is 1. The molecule has 2 fully saturated rings. The Hall–Kier alpha value is -0.120. The molecule has 2 atom stereocenters. The summed E-state index contributed by atoms with van der Waals surface area (Å²) >= 11 is 0. The third-order valence-electron chi connectivity index (χ3n) is 3.99. The van der Waals surface area contributed by atoms with Crippen molar-refractivity contribution in [1.29, 1.82) is 0 Å². The first-order valence-corrected chi connectivity index (χ1v) is 6.44. The van der Waals surface area contributed by atoms with E-state index in [1.807, 2.05) is 7.05 Å². The monoisotopic (exact) mass is 211 g/mol. The molecule has 0 aromatic carbocycles. The Bertz CT molecular complexity index is 195. The molecule has 2 rings (SSSR count). The molecule has 0 aromatic heterocycles. The Morgan fingerprint density at radius 1 is 1.27 bits per heavy atom. The van der Waals surface area contributed by atoms with Crippen molar-refractivity contribution in [1.82, 2.24) is 15.1 Å². The van der Waals surface area contributed by atoms with Crippen LogP contribution in [0, 0.1) is 0 Å². The van der Waals surface area contributed by atoms with Gasteiger partial charge in [-0.25, -0.2) is 0 Å². The molecule has 3 heteroatoms. The van der Waals surface area contributed by atoms with Crippen LogP contribution >= 0.6 is 0 Å². The molecular formula is C12H25N3. The van der Waals surface area contributed by atoms with Crippen LogP contribution in [0.1, 0.15) is 26.2 Å². The van der Waals surface area contributed by atoms with Crippen LogP contribution in [0.3, 0.4) is 0 Å².